The number of esters is 1. The highest BCUT2D eigenvalue weighted by atomic mass is 35.5. The molecule has 0 aromatic heterocycles. The lowest BCUT2D eigenvalue weighted by atomic mass is 10.2. The summed E-state index contributed by atoms with van der Waals surface area (Å²) in [6.45, 7) is 0. The maximum Gasteiger partial charge on any atom is 0.339 e. The van der Waals surface area contributed by atoms with Crippen LogP contribution in [0.5, 0.6) is 0 Å². The van der Waals surface area contributed by atoms with Gasteiger partial charge in [0.1, 0.15) is 0 Å². The molecule has 0 saturated carbocycles. The van der Waals surface area contributed by atoms with Gasteiger partial charge in [0.25, 0.3) is 5.69 Å². The summed E-state index contributed by atoms with van der Waals surface area (Å²) in [6, 6.07) is 11.2. The summed E-state index contributed by atoms with van der Waals surface area (Å²) in [6.07, 6.45) is 0. The Morgan fingerprint density at radius 1 is 1.24 bits per heavy atom. The topological polar surface area (TPSA) is 69.4 Å². The number of rotatable bonds is 4. The smallest absolute Gasteiger partial charge is 0.339 e. The molecule has 2 rings (SSSR count). The van der Waals surface area contributed by atoms with Crippen molar-refractivity contribution in [3.05, 3.63) is 63.2 Å². The van der Waals surface area contributed by atoms with Gasteiger partial charge in [-0.1, -0.05) is 23.4 Å². The number of nitro benzene ring substituents is 1. The third kappa shape index (κ3) is 3.74. The fourth-order valence-electron chi connectivity index (χ4n) is 1.62. The zero-order valence-electron chi connectivity index (χ0n) is 10.9. The molecule has 0 radical (unpaired) electrons. The Hall–Kier alpha value is -2.05. The number of benzene rings is 2. The van der Waals surface area contributed by atoms with Crippen LogP contribution in [0.3, 0.4) is 0 Å². The minimum absolute atomic E-state index is 0.157. The van der Waals surface area contributed by atoms with Crippen LogP contribution in [-0.2, 0) is 4.74 Å². The standard InChI is InChI=1S/C14H10ClNO4S/c1-20-14(17)12-8-10(16(18)19)4-7-13(12)21-11-5-2-9(15)3-6-11/h2-8H,1H3. The summed E-state index contributed by atoms with van der Waals surface area (Å²) in [5, 5.41) is 11.4. The Labute approximate surface area is 130 Å². The molecular weight excluding hydrogens is 314 g/mol. The van der Waals surface area contributed by atoms with Crippen molar-refractivity contribution in [1.82, 2.24) is 0 Å². The molecule has 21 heavy (non-hydrogen) atoms. The second-order valence-corrected chi connectivity index (χ2v) is 5.54. The highest BCUT2D eigenvalue weighted by molar-refractivity contribution is 7.99. The van der Waals surface area contributed by atoms with E-state index in [1.54, 1.807) is 24.3 Å². The summed E-state index contributed by atoms with van der Waals surface area (Å²) in [5.41, 5.74) is 0.00232. The number of nitro groups is 1. The van der Waals surface area contributed by atoms with Gasteiger partial charge in [0, 0.05) is 26.9 Å². The fraction of sp³-hybridized carbons (Fsp3) is 0.0714. The van der Waals surface area contributed by atoms with E-state index >= 15 is 0 Å². The number of hydrogen-bond acceptors (Lipinski definition) is 5. The number of carbonyl (C=O) groups excluding carboxylic acids is 1. The molecule has 108 valence electrons. The maximum absolute atomic E-state index is 11.8. The first-order valence-electron chi connectivity index (χ1n) is 5.81. The Bertz CT molecular complexity index is 688. The molecule has 0 saturated heterocycles. The highest BCUT2D eigenvalue weighted by Gasteiger charge is 2.18. The van der Waals surface area contributed by atoms with Crippen LogP contribution >= 0.6 is 23.4 Å². The van der Waals surface area contributed by atoms with Gasteiger partial charge in [0.2, 0.25) is 0 Å². The molecule has 0 aliphatic heterocycles. The molecule has 2 aromatic rings. The summed E-state index contributed by atoms with van der Waals surface area (Å²) < 4.78 is 4.67. The van der Waals surface area contributed by atoms with Crippen molar-refractivity contribution in [2.45, 2.75) is 9.79 Å². The van der Waals surface area contributed by atoms with Crippen molar-refractivity contribution in [2.24, 2.45) is 0 Å². The predicted molar refractivity (Wildman–Crippen MR) is 80.0 cm³/mol. The molecule has 7 heteroatoms. The first kappa shape index (κ1) is 15.3. The summed E-state index contributed by atoms with van der Waals surface area (Å²) in [5.74, 6) is -0.616. The van der Waals surface area contributed by atoms with Crippen molar-refractivity contribution in [3.8, 4) is 0 Å². The molecule has 0 amide bonds. The van der Waals surface area contributed by atoms with Gasteiger partial charge in [-0.2, -0.15) is 0 Å². The van der Waals surface area contributed by atoms with E-state index in [2.05, 4.69) is 4.74 Å². The zero-order chi connectivity index (χ0) is 15.4. The molecule has 0 atom stereocenters. The predicted octanol–water partition coefficient (Wildman–Crippen LogP) is 4.19. The van der Waals surface area contributed by atoms with Gasteiger partial charge in [-0.25, -0.2) is 4.79 Å². The molecule has 0 N–H and O–H groups in total. The summed E-state index contributed by atoms with van der Waals surface area (Å²) in [4.78, 5) is 23.5. The molecule has 5 nitrogen and oxygen atoms in total. The lowest BCUT2D eigenvalue weighted by Crippen LogP contribution is -2.04. The average Bonchev–Trinajstić information content (AvgIpc) is 2.49. The van der Waals surface area contributed by atoms with E-state index in [9.17, 15) is 14.9 Å². The molecule has 0 spiro atoms. The number of hydrogen-bond donors (Lipinski definition) is 0. The van der Waals surface area contributed by atoms with Gasteiger partial charge in [0.15, 0.2) is 0 Å². The molecule has 0 unspecified atom stereocenters. The summed E-state index contributed by atoms with van der Waals surface area (Å²) in [7, 11) is 1.23. The van der Waals surface area contributed by atoms with Crippen LogP contribution in [0.2, 0.25) is 5.02 Å². The Balaban J connectivity index is 2.40. The van der Waals surface area contributed by atoms with E-state index < -0.39 is 10.9 Å². The van der Waals surface area contributed by atoms with E-state index in [1.807, 2.05) is 0 Å². The summed E-state index contributed by atoms with van der Waals surface area (Å²) >= 11 is 7.12. The molecule has 2 aromatic carbocycles. The lowest BCUT2D eigenvalue weighted by Gasteiger charge is -2.07. The largest absolute Gasteiger partial charge is 0.465 e. The number of carbonyl (C=O) groups is 1. The zero-order valence-corrected chi connectivity index (χ0v) is 12.5. The molecule has 0 aliphatic rings. The third-order valence-corrected chi connectivity index (χ3v) is 3.96. The van der Waals surface area contributed by atoms with Crippen molar-refractivity contribution < 1.29 is 14.5 Å². The molecule has 0 bridgehead atoms. The maximum atomic E-state index is 11.8. The van der Waals surface area contributed by atoms with E-state index in [0.717, 1.165) is 4.90 Å². The normalized spacial score (nSPS) is 10.2. The Morgan fingerprint density at radius 3 is 2.48 bits per heavy atom. The van der Waals surface area contributed by atoms with Crippen molar-refractivity contribution in [1.29, 1.82) is 0 Å². The Morgan fingerprint density at radius 2 is 1.90 bits per heavy atom. The van der Waals surface area contributed by atoms with Gasteiger partial charge < -0.3 is 4.74 Å². The van der Waals surface area contributed by atoms with Crippen molar-refractivity contribution in [3.63, 3.8) is 0 Å². The number of methoxy groups -OCH3 is 1. The second-order valence-electron chi connectivity index (χ2n) is 3.99. The fourth-order valence-corrected chi connectivity index (χ4v) is 2.66. The van der Waals surface area contributed by atoms with Crippen LogP contribution in [0.4, 0.5) is 5.69 Å². The van der Waals surface area contributed by atoms with E-state index in [4.69, 9.17) is 11.6 Å². The Kier molecular flexibility index (Phi) is 4.82. The average molecular weight is 324 g/mol. The molecule has 0 fully saturated rings. The first-order chi connectivity index (χ1) is 10.0. The second kappa shape index (κ2) is 6.60. The quantitative estimate of drug-likeness (QED) is 0.479. The van der Waals surface area contributed by atoms with E-state index in [0.29, 0.717) is 9.92 Å². The first-order valence-corrected chi connectivity index (χ1v) is 7.01. The van der Waals surface area contributed by atoms with Crippen LogP contribution in [0, 0.1) is 10.1 Å². The third-order valence-electron chi connectivity index (χ3n) is 2.62. The molecule has 0 aliphatic carbocycles. The van der Waals surface area contributed by atoms with Crippen LogP contribution in [0.1, 0.15) is 10.4 Å². The van der Waals surface area contributed by atoms with Crippen LogP contribution < -0.4 is 0 Å². The molecular formula is C14H10ClNO4S. The van der Waals surface area contributed by atoms with Crippen LogP contribution in [-0.4, -0.2) is 18.0 Å². The number of halogens is 1. The van der Waals surface area contributed by atoms with Crippen LogP contribution in [0.25, 0.3) is 0 Å². The monoisotopic (exact) mass is 323 g/mol. The van der Waals surface area contributed by atoms with Gasteiger partial charge in [-0.05, 0) is 30.3 Å². The SMILES string of the molecule is COC(=O)c1cc([N+](=O)[O-])ccc1Sc1ccc(Cl)cc1. The van der Waals surface area contributed by atoms with Crippen LogP contribution in [0.15, 0.2) is 52.3 Å². The minimum atomic E-state index is -0.616. The lowest BCUT2D eigenvalue weighted by molar-refractivity contribution is -0.384. The van der Waals surface area contributed by atoms with Gasteiger partial charge >= 0.3 is 5.97 Å². The van der Waals surface area contributed by atoms with Gasteiger partial charge in [0.05, 0.1) is 17.6 Å². The molecule has 0 heterocycles. The number of nitrogens with zero attached hydrogens (tertiary/aromatic N) is 1. The van der Waals surface area contributed by atoms with Gasteiger partial charge in [-0.3, -0.25) is 10.1 Å². The van der Waals surface area contributed by atoms with Crippen molar-refractivity contribution in [2.75, 3.05) is 7.11 Å². The number of non-ortho nitro benzene ring substituents is 1. The minimum Gasteiger partial charge on any atom is -0.465 e. The number of ether oxygens (including phenoxy) is 1. The van der Waals surface area contributed by atoms with E-state index in [1.165, 1.54) is 37.1 Å². The highest BCUT2D eigenvalue weighted by Crippen LogP contribution is 2.33. The van der Waals surface area contributed by atoms with E-state index in [-0.39, 0.29) is 11.3 Å². The van der Waals surface area contributed by atoms with Gasteiger partial charge in [-0.15, -0.1) is 0 Å². The van der Waals surface area contributed by atoms with Crippen molar-refractivity contribution >= 4 is 35.0 Å².